The molecule has 0 aromatic heterocycles. The van der Waals surface area contributed by atoms with Crippen molar-refractivity contribution in [3.8, 4) is 0 Å². The highest BCUT2D eigenvalue weighted by Crippen LogP contribution is 2.03. The quantitative estimate of drug-likeness (QED) is 0.445. The number of aliphatic hydroxyl groups is 2. The SMILES string of the molecule is CC(O)=c1c(=N)c2c(=O)c3ccccc3c(=O)c=2c(=N)c1=C(C)O. The first-order valence-corrected chi connectivity index (χ1v) is 7.18. The predicted molar refractivity (Wildman–Crippen MR) is 88.5 cm³/mol. The van der Waals surface area contributed by atoms with E-state index in [0.29, 0.717) is 0 Å². The molecule has 2 aliphatic carbocycles. The molecule has 1 aromatic rings. The lowest BCUT2D eigenvalue weighted by atomic mass is 10.0. The molecule has 0 fully saturated rings. The minimum absolute atomic E-state index is 0.112. The minimum atomic E-state index is -0.539. The van der Waals surface area contributed by atoms with Crippen LogP contribution in [-0.4, -0.2) is 10.2 Å². The maximum absolute atomic E-state index is 12.8. The second-order valence-corrected chi connectivity index (χ2v) is 5.62. The van der Waals surface area contributed by atoms with E-state index >= 15 is 0 Å². The average Bonchev–Trinajstić information content (AvgIpc) is 2.53. The smallest absolute Gasteiger partial charge is 0.196 e. The van der Waals surface area contributed by atoms with Crippen LogP contribution in [0, 0.1) is 21.3 Å². The molecule has 4 N–H and O–H groups in total. The molecular weight excluding hydrogens is 308 g/mol. The van der Waals surface area contributed by atoms with Gasteiger partial charge in [0.2, 0.25) is 0 Å². The molecule has 6 nitrogen and oxygen atoms in total. The van der Waals surface area contributed by atoms with Crippen LogP contribution in [0.2, 0.25) is 0 Å². The zero-order valence-electron chi connectivity index (χ0n) is 13.0. The van der Waals surface area contributed by atoms with Gasteiger partial charge in [0.05, 0.1) is 43.1 Å². The zero-order chi connectivity index (χ0) is 17.8. The van der Waals surface area contributed by atoms with Crippen LogP contribution in [0.3, 0.4) is 0 Å². The molecule has 0 aliphatic heterocycles. The Morgan fingerprint density at radius 2 is 1.12 bits per heavy atom. The highest BCUT2D eigenvalue weighted by molar-refractivity contribution is 5.82. The molecule has 0 unspecified atom stereocenters. The Hall–Kier alpha value is -3.28. The van der Waals surface area contributed by atoms with Crippen molar-refractivity contribution in [1.29, 1.82) is 10.8 Å². The number of hydrogen-bond acceptors (Lipinski definition) is 6. The number of aliphatic hydroxyl groups excluding tert-OH is 2. The maximum atomic E-state index is 12.8. The molecule has 120 valence electrons. The summed E-state index contributed by atoms with van der Waals surface area (Å²) in [7, 11) is 0. The van der Waals surface area contributed by atoms with Crippen LogP contribution >= 0.6 is 0 Å². The van der Waals surface area contributed by atoms with E-state index in [-0.39, 0.29) is 53.9 Å². The Morgan fingerprint density at radius 3 is 1.42 bits per heavy atom. The monoisotopic (exact) mass is 322 g/mol. The number of hydrogen-bond donors (Lipinski definition) is 4. The van der Waals surface area contributed by atoms with Crippen LogP contribution in [0.15, 0.2) is 33.9 Å². The third-order valence-corrected chi connectivity index (χ3v) is 4.09. The molecule has 0 saturated heterocycles. The van der Waals surface area contributed by atoms with Crippen LogP contribution in [0.5, 0.6) is 0 Å². The summed E-state index contributed by atoms with van der Waals surface area (Å²) in [6, 6.07) is 6.22. The summed E-state index contributed by atoms with van der Waals surface area (Å²) in [5.41, 5.74) is -1.08. The molecule has 0 heterocycles. The van der Waals surface area contributed by atoms with Gasteiger partial charge in [-0.05, 0) is 13.8 Å². The summed E-state index contributed by atoms with van der Waals surface area (Å²) in [6.07, 6.45) is 0. The van der Waals surface area contributed by atoms with E-state index in [9.17, 15) is 19.8 Å². The Morgan fingerprint density at radius 1 is 0.792 bits per heavy atom. The molecule has 2 aliphatic rings. The van der Waals surface area contributed by atoms with Crippen molar-refractivity contribution in [1.82, 2.24) is 0 Å². The standard InChI is InChI=1S/C18H14N2O4/c1-7(21)11-12(8(2)22)16(20)14-13(15(11)19)17(23)9-5-3-4-6-10(9)18(14)24/h3-6,19-22H,1-2H3. The van der Waals surface area contributed by atoms with Crippen molar-refractivity contribution in [3.05, 3.63) is 76.3 Å². The fraction of sp³-hybridized carbons (Fsp3) is 0.111. The molecule has 0 saturated carbocycles. The van der Waals surface area contributed by atoms with E-state index < -0.39 is 10.9 Å². The lowest BCUT2D eigenvalue weighted by molar-refractivity contribution is 0.488. The van der Waals surface area contributed by atoms with Gasteiger partial charge in [-0.1, -0.05) is 24.3 Å². The second-order valence-electron chi connectivity index (χ2n) is 5.62. The first kappa shape index (κ1) is 15.6. The van der Waals surface area contributed by atoms with Gasteiger partial charge in [-0.2, -0.15) is 0 Å². The Bertz CT molecular complexity index is 1290. The Balaban J connectivity index is 3.09. The van der Waals surface area contributed by atoms with E-state index in [2.05, 4.69) is 0 Å². The second kappa shape index (κ2) is 5.13. The van der Waals surface area contributed by atoms with Gasteiger partial charge >= 0.3 is 0 Å². The number of nitrogens with one attached hydrogen (secondary N) is 2. The largest absolute Gasteiger partial charge is 0.512 e. The van der Waals surface area contributed by atoms with Crippen molar-refractivity contribution in [2.75, 3.05) is 0 Å². The van der Waals surface area contributed by atoms with Gasteiger partial charge in [0.1, 0.15) is 0 Å². The van der Waals surface area contributed by atoms with E-state index in [1.165, 1.54) is 26.0 Å². The number of benzene rings is 1. The molecule has 1 aromatic carbocycles. The van der Waals surface area contributed by atoms with Crippen LogP contribution in [-0.2, 0) is 0 Å². The molecule has 3 rings (SSSR count). The molecule has 0 amide bonds. The average molecular weight is 322 g/mol. The van der Waals surface area contributed by atoms with Crippen molar-refractivity contribution in [2.24, 2.45) is 0 Å². The van der Waals surface area contributed by atoms with Gasteiger partial charge in [-0.25, -0.2) is 0 Å². The fourth-order valence-corrected chi connectivity index (χ4v) is 3.08. The molecule has 6 heteroatoms. The zero-order valence-corrected chi connectivity index (χ0v) is 13.0. The van der Waals surface area contributed by atoms with Gasteiger partial charge in [-0.15, -0.1) is 0 Å². The van der Waals surface area contributed by atoms with Gasteiger partial charge in [0.15, 0.2) is 10.9 Å². The van der Waals surface area contributed by atoms with Crippen molar-refractivity contribution in [3.63, 3.8) is 0 Å². The minimum Gasteiger partial charge on any atom is -0.512 e. The normalized spacial score (nSPS) is 14.1. The van der Waals surface area contributed by atoms with Gasteiger partial charge < -0.3 is 10.2 Å². The molecular formula is C18H14N2O4. The first-order chi connectivity index (χ1) is 11.3. The molecule has 0 spiro atoms. The lowest BCUT2D eigenvalue weighted by Crippen LogP contribution is -2.54. The summed E-state index contributed by atoms with van der Waals surface area (Å²) in [5, 5.41) is 35.3. The Kier molecular flexibility index (Phi) is 3.33. The van der Waals surface area contributed by atoms with Crippen molar-refractivity contribution >= 4 is 22.3 Å². The van der Waals surface area contributed by atoms with Crippen LogP contribution in [0.25, 0.3) is 22.3 Å². The molecule has 0 bridgehead atoms. The predicted octanol–water partition coefficient (Wildman–Crippen LogP) is -0.508. The summed E-state index contributed by atoms with van der Waals surface area (Å²) in [5.74, 6) is -0.613. The number of fused-ring (bicyclic) bond motifs is 1. The van der Waals surface area contributed by atoms with E-state index in [1.54, 1.807) is 12.1 Å². The fourth-order valence-electron chi connectivity index (χ4n) is 3.08. The van der Waals surface area contributed by atoms with E-state index in [0.717, 1.165) is 0 Å². The van der Waals surface area contributed by atoms with Crippen molar-refractivity contribution in [2.45, 2.75) is 13.8 Å². The summed E-state index contributed by atoms with van der Waals surface area (Å²) < 4.78 is 0. The molecule has 0 radical (unpaired) electrons. The van der Waals surface area contributed by atoms with Crippen LogP contribution in [0.1, 0.15) is 13.8 Å². The van der Waals surface area contributed by atoms with Gasteiger partial charge in [-0.3, -0.25) is 20.4 Å². The summed E-state index contributed by atoms with van der Waals surface area (Å²) >= 11 is 0. The summed E-state index contributed by atoms with van der Waals surface area (Å²) in [6.45, 7) is 2.60. The number of rotatable bonds is 0. The highest BCUT2D eigenvalue weighted by atomic mass is 16.3. The van der Waals surface area contributed by atoms with E-state index in [1.807, 2.05) is 0 Å². The Labute approximate surface area is 134 Å². The topological polar surface area (TPSA) is 122 Å². The third-order valence-electron chi connectivity index (χ3n) is 4.09. The van der Waals surface area contributed by atoms with Gasteiger partial charge in [0.25, 0.3) is 0 Å². The lowest BCUT2D eigenvalue weighted by Gasteiger charge is -2.02. The maximum Gasteiger partial charge on any atom is 0.196 e. The molecule has 0 atom stereocenters. The van der Waals surface area contributed by atoms with Crippen LogP contribution in [0.4, 0.5) is 0 Å². The summed E-state index contributed by atoms with van der Waals surface area (Å²) in [4.78, 5) is 25.5. The first-order valence-electron chi connectivity index (χ1n) is 7.18. The van der Waals surface area contributed by atoms with E-state index in [4.69, 9.17) is 10.8 Å². The highest BCUT2D eigenvalue weighted by Gasteiger charge is 2.13. The van der Waals surface area contributed by atoms with Gasteiger partial charge in [0, 0.05) is 10.8 Å². The van der Waals surface area contributed by atoms with Crippen LogP contribution < -0.4 is 32.0 Å². The third kappa shape index (κ3) is 1.89. The van der Waals surface area contributed by atoms with Crippen molar-refractivity contribution < 1.29 is 10.2 Å². The molecule has 24 heavy (non-hydrogen) atoms.